The third-order valence-electron chi connectivity index (χ3n) is 7.33. The maximum Gasteiger partial charge on any atom is 0.157 e. The second-order valence-corrected chi connectivity index (χ2v) is 9.47. The van der Waals surface area contributed by atoms with Crippen LogP contribution in [0, 0.1) is 36.2 Å². The molecule has 0 unspecified atom stereocenters. The maximum absolute atomic E-state index is 14.8. The molecular weight excluding hydrogens is 413 g/mol. The standard InChI is InChI=1S/C27H33F3O2/c1-3-18-15-31-27(32-16-18)11-6-19-4-7-20(8-5-19)21-9-10-23(26(30)12-21)22-13-24(28)17(2)25(29)14-22/h9-10,12-14,18-20,27H,3-8,11,15-16H2,1-2H3. The van der Waals surface area contributed by atoms with Gasteiger partial charge >= 0.3 is 0 Å². The van der Waals surface area contributed by atoms with Crippen LogP contribution < -0.4 is 0 Å². The molecule has 2 aliphatic rings. The van der Waals surface area contributed by atoms with Gasteiger partial charge in [-0.3, -0.25) is 0 Å². The van der Waals surface area contributed by atoms with Gasteiger partial charge in [0.05, 0.1) is 13.2 Å². The monoisotopic (exact) mass is 446 g/mol. The molecule has 2 aromatic rings. The predicted octanol–water partition coefficient (Wildman–Crippen LogP) is 7.53. The summed E-state index contributed by atoms with van der Waals surface area (Å²) in [7, 11) is 0. The van der Waals surface area contributed by atoms with Crippen LogP contribution in [0.15, 0.2) is 30.3 Å². The van der Waals surface area contributed by atoms with E-state index in [-0.39, 0.29) is 23.0 Å². The molecule has 0 aromatic heterocycles. The Labute approximate surface area is 189 Å². The topological polar surface area (TPSA) is 18.5 Å². The lowest BCUT2D eigenvalue weighted by atomic mass is 9.77. The summed E-state index contributed by atoms with van der Waals surface area (Å²) >= 11 is 0. The van der Waals surface area contributed by atoms with Crippen LogP contribution in [0.3, 0.4) is 0 Å². The number of benzene rings is 2. The predicted molar refractivity (Wildman–Crippen MR) is 120 cm³/mol. The van der Waals surface area contributed by atoms with Crippen LogP contribution in [0.5, 0.6) is 0 Å². The molecule has 1 saturated carbocycles. The van der Waals surface area contributed by atoms with Gasteiger partial charge in [0.15, 0.2) is 6.29 Å². The van der Waals surface area contributed by atoms with Crippen LogP contribution in [-0.4, -0.2) is 19.5 Å². The van der Waals surface area contributed by atoms with Crippen molar-refractivity contribution in [3.63, 3.8) is 0 Å². The second-order valence-electron chi connectivity index (χ2n) is 9.47. The zero-order valence-corrected chi connectivity index (χ0v) is 19.0. The highest BCUT2D eigenvalue weighted by Gasteiger charge is 2.26. The van der Waals surface area contributed by atoms with Crippen molar-refractivity contribution in [1.29, 1.82) is 0 Å². The number of halogens is 3. The number of hydrogen-bond acceptors (Lipinski definition) is 2. The molecule has 0 bridgehead atoms. The molecule has 1 aliphatic carbocycles. The van der Waals surface area contributed by atoms with E-state index in [4.69, 9.17) is 9.47 Å². The minimum atomic E-state index is -0.656. The Morgan fingerprint density at radius 1 is 0.812 bits per heavy atom. The molecule has 2 fully saturated rings. The zero-order chi connectivity index (χ0) is 22.7. The van der Waals surface area contributed by atoms with Crippen molar-refractivity contribution < 1.29 is 22.6 Å². The Hall–Kier alpha value is -1.85. The first-order chi connectivity index (χ1) is 15.4. The third kappa shape index (κ3) is 5.37. The quantitative estimate of drug-likeness (QED) is 0.456. The molecule has 1 saturated heterocycles. The summed E-state index contributed by atoms with van der Waals surface area (Å²) in [6, 6.07) is 7.51. The summed E-state index contributed by atoms with van der Waals surface area (Å²) in [6.07, 6.45) is 7.37. The third-order valence-corrected chi connectivity index (χ3v) is 7.33. The van der Waals surface area contributed by atoms with Crippen LogP contribution in [0.2, 0.25) is 0 Å². The van der Waals surface area contributed by atoms with Crippen molar-refractivity contribution in [2.45, 2.75) is 71.0 Å². The molecule has 2 nitrogen and oxygen atoms in total. The van der Waals surface area contributed by atoms with Crippen LogP contribution in [0.25, 0.3) is 11.1 Å². The second kappa shape index (κ2) is 10.4. The van der Waals surface area contributed by atoms with Gasteiger partial charge in [0.1, 0.15) is 17.5 Å². The Morgan fingerprint density at radius 2 is 1.47 bits per heavy atom. The first-order valence-electron chi connectivity index (χ1n) is 11.9. The smallest absolute Gasteiger partial charge is 0.157 e. The molecule has 0 spiro atoms. The molecule has 32 heavy (non-hydrogen) atoms. The highest BCUT2D eigenvalue weighted by atomic mass is 19.1. The molecule has 0 amide bonds. The summed E-state index contributed by atoms with van der Waals surface area (Å²) in [5.41, 5.74) is 1.39. The zero-order valence-electron chi connectivity index (χ0n) is 19.0. The fourth-order valence-electron chi connectivity index (χ4n) is 4.96. The van der Waals surface area contributed by atoms with Crippen molar-refractivity contribution in [2.24, 2.45) is 11.8 Å². The molecule has 2 aromatic carbocycles. The van der Waals surface area contributed by atoms with E-state index < -0.39 is 17.5 Å². The molecule has 0 atom stereocenters. The van der Waals surface area contributed by atoms with Crippen molar-refractivity contribution in [3.8, 4) is 11.1 Å². The normalized spacial score (nSPS) is 26.3. The average molecular weight is 447 g/mol. The fraction of sp³-hybridized carbons (Fsp3) is 0.556. The molecule has 4 rings (SSSR count). The van der Waals surface area contributed by atoms with Crippen molar-refractivity contribution in [1.82, 2.24) is 0 Å². The molecule has 5 heteroatoms. The number of rotatable bonds is 6. The van der Waals surface area contributed by atoms with E-state index in [2.05, 4.69) is 6.92 Å². The van der Waals surface area contributed by atoms with Crippen LogP contribution in [0.4, 0.5) is 13.2 Å². The van der Waals surface area contributed by atoms with Gasteiger partial charge in [0.25, 0.3) is 0 Å². The Morgan fingerprint density at radius 3 is 2.06 bits per heavy atom. The Balaban J connectivity index is 1.31. The summed E-state index contributed by atoms with van der Waals surface area (Å²) in [4.78, 5) is 0. The molecule has 1 heterocycles. The number of hydrogen-bond donors (Lipinski definition) is 0. The summed E-state index contributed by atoms with van der Waals surface area (Å²) in [5.74, 6) is -0.229. The SMILES string of the molecule is CCC1COC(CCC2CCC(c3ccc(-c4cc(F)c(C)c(F)c4)c(F)c3)CC2)OC1. The summed E-state index contributed by atoms with van der Waals surface area (Å²) < 4.78 is 54.3. The van der Waals surface area contributed by atoms with Crippen molar-refractivity contribution in [2.75, 3.05) is 13.2 Å². The minimum Gasteiger partial charge on any atom is -0.352 e. The van der Waals surface area contributed by atoms with Gasteiger partial charge in [0.2, 0.25) is 0 Å². The van der Waals surface area contributed by atoms with Gasteiger partial charge in [-0.25, -0.2) is 13.2 Å². The van der Waals surface area contributed by atoms with E-state index in [1.807, 2.05) is 6.07 Å². The molecule has 0 N–H and O–H groups in total. The number of ether oxygens (including phenoxy) is 2. The molecule has 174 valence electrons. The summed E-state index contributed by atoms with van der Waals surface area (Å²) in [5, 5.41) is 0. The Bertz CT molecular complexity index is 890. The van der Waals surface area contributed by atoms with Gasteiger partial charge < -0.3 is 9.47 Å². The average Bonchev–Trinajstić information content (AvgIpc) is 2.81. The lowest BCUT2D eigenvalue weighted by Gasteiger charge is -2.32. The van der Waals surface area contributed by atoms with Gasteiger partial charge in [-0.15, -0.1) is 0 Å². The van der Waals surface area contributed by atoms with Crippen LogP contribution in [-0.2, 0) is 9.47 Å². The van der Waals surface area contributed by atoms with Gasteiger partial charge in [0, 0.05) is 17.0 Å². The fourth-order valence-corrected chi connectivity index (χ4v) is 4.96. The van der Waals surface area contributed by atoms with Crippen LogP contribution in [0.1, 0.15) is 68.9 Å². The van der Waals surface area contributed by atoms with Crippen molar-refractivity contribution in [3.05, 3.63) is 58.9 Å². The lowest BCUT2D eigenvalue weighted by Crippen LogP contribution is -2.32. The van der Waals surface area contributed by atoms with E-state index in [0.29, 0.717) is 17.8 Å². The largest absolute Gasteiger partial charge is 0.352 e. The Kier molecular flexibility index (Phi) is 7.57. The van der Waals surface area contributed by atoms with E-state index >= 15 is 0 Å². The first kappa shape index (κ1) is 23.3. The highest BCUT2D eigenvalue weighted by Crippen LogP contribution is 2.39. The summed E-state index contributed by atoms with van der Waals surface area (Å²) in [6.45, 7) is 5.15. The minimum absolute atomic E-state index is 0.0469. The maximum atomic E-state index is 14.8. The highest BCUT2D eigenvalue weighted by molar-refractivity contribution is 5.65. The van der Waals surface area contributed by atoms with Gasteiger partial charge in [-0.05, 0) is 93.0 Å². The molecular formula is C27H33F3O2. The molecule has 0 radical (unpaired) electrons. The lowest BCUT2D eigenvalue weighted by molar-refractivity contribution is -0.204. The van der Waals surface area contributed by atoms with Gasteiger partial charge in [-0.2, -0.15) is 0 Å². The molecule has 1 aliphatic heterocycles. The van der Waals surface area contributed by atoms with Crippen molar-refractivity contribution >= 4 is 0 Å². The van der Waals surface area contributed by atoms with Gasteiger partial charge in [-0.1, -0.05) is 19.1 Å². The van der Waals surface area contributed by atoms with Crippen LogP contribution >= 0.6 is 0 Å². The van der Waals surface area contributed by atoms with E-state index in [1.54, 1.807) is 12.1 Å². The van der Waals surface area contributed by atoms with E-state index in [1.165, 1.54) is 19.1 Å². The first-order valence-corrected chi connectivity index (χ1v) is 11.9. The van der Waals surface area contributed by atoms with E-state index in [0.717, 1.165) is 63.7 Å². The van der Waals surface area contributed by atoms with E-state index in [9.17, 15) is 13.2 Å².